The van der Waals surface area contributed by atoms with Crippen LogP contribution in [0.1, 0.15) is 115 Å². The molecule has 0 aliphatic carbocycles. The Morgan fingerprint density at radius 2 is 1.61 bits per heavy atom. The van der Waals surface area contributed by atoms with E-state index in [1.165, 1.54) is 13.8 Å². The van der Waals surface area contributed by atoms with Crippen molar-refractivity contribution in [1.82, 2.24) is 4.90 Å². The Morgan fingerprint density at radius 1 is 0.981 bits per heavy atom. The van der Waals surface area contributed by atoms with Crippen molar-refractivity contribution in [3.05, 3.63) is 0 Å². The molecular formula is C40H74N2O12. The number of likely N-dealkylation sites (N-methyl/N-ethyl adjacent to an activating group) is 1. The molecule has 3 saturated heterocycles. The number of aliphatic hydroxyl groups excluding tert-OH is 1. The minimum Gasteiger partial charge on any atom is -0.459 e. The van der Waals surface area contributed by atoms with Crippen LogP contribution in [0.3, 0.4) is 0 Å². The molecule has 3 aliphatic rings. The Kier molecular flexibility index (Phi) is 16.4. The molecule has 0 aromatic carbocycles. The summed E-state index contributed by atoms with van der Waals surface area (Å²) in [6.07, 6.45) is -5.22. The van der Waals surface area contributed by atoms with E-state index in [0.717, 1.165) is 0 Å². The van der Waals surface area contributed by atoms with Gasteiger partial charge >= 0.3 is 11.9 Å². The lowest BCUT2D eigenvalue weighted by Crippen LogP contribution is -2.62. The number of rotatable bonds is 8. The second kappa shape index (κ2) is 18.9. The van der Waals surface area contributed by atoms with Crippen molar-refractivity contribution in [3.8, 4) is 0 Å². The van der Waals surface area contributed by atoms with Gasteiger partial charge in [-0.05, 0) is 93.2 Å². The number of nitrogens with zero attached hydrogens (tertiary/aromatic N) is 1. The molecule has 3 fully saturated rings. The predicted octanol–water partition coefficient (Wildman–Crippen LogP) is 3.53. The molecule has 3 aliphatic heterocycles. The highest BCUT2D eigenvalue weighted by Crippen LogP contribution is 2.41. The first-order valence-corrected chi connectivity index (χ1v) is 20.0. The van der Waals surface area contributed by atoms with E-state index in [-0.39, 0.29) is 43.2 Å². The van der Waals surface area contributed by atoms with Crippen molar-refractivity contribution in [2.45, 2.75) is 199 Å². The van der Waals surface area contributed by atoms with Crippen LogP contribution < -0.4 is 5.73 Å². The van der Waals surface area contributed by atoms with Crippen LogP contribution in [0.15, 0.2) is 0 Å². The number of nitrogens with two attached hydrogens (primary N) is 1. The van der Waals surface area contributed by atoms with Crippen LogP contribution in [-0.2, 0) is 42.7 Å². The average molecular weight is 775 g/mol. The number of cyclic esters (lactones) is 1. The SMILES string of the molecule is CC[C@H]1OC(=O)[C@H](C)[C@@H](O[C@H]2C[C@@](C)(OC)C(N)[C@H](C)O2)[C@H](C)[C@@H](O[C@@H]2O[C@H](C)C[C@H](N(C)C)[C@H]2OC(C)=O)C(C)(O)C[C@@H](C)CC[C@H](C)[C@@H](O)C1(C)O. The van der Waals surface area contributed by atoms with Gasteiger partial charge in [-0.2, -0.15) is 0 Å². The van der Waals surface area contributed by atoms with E-state index in [0.29, 0.717) is 19.3 Å². The van der Waals surface area contributed by atoms with Gasteiger partial charge in [0, 0.05) is 26.4 Å². The van der Waals surface area contributed by atoms with Crippen LogP contribution in [0, 0.1) is 23.7 Å². The Labute approximate surface area is 324 Å². The molecule has 3 heterocycles. The molecule has 0 amide bonds. The van der Waals surface area contributed by atoms with Gasteiger partial charge in [-0.25, -0.2) is 0 Å². The minimum atomic E-state index is -1.74. The molecule has 0 aromatic rings. The summed E-state index contributed by atoms with van der Waals surface area (Å²) in [6.45, 7) is 19.4. The number of hydrogen-bond acceptors (Lipinski definition) is 14. The molecule has 0 aromatic heterocycles. The van der Waals surface area contributed by atoms with Crippen LogP contribution in [0.5, 0.6) is 0 Å². The number of carbonyl (C=O) groups excluding carboxylic acids is 2. The molecule has 5 N–H and O–H groups in total. The fourth-order valence-electron chi connectivity index (χ4n) is 9.01. The first-order chi connectivity index (χ1) is 24.9. The second-order valence-corrected chi connectivity index (χ2v) is 17.7. The van der Waals surface area contributed by atoms with E-state index in [1.807, 2.05) is 60.5 Å². The Bertz CT molecular complexity index is 1220. The van der Waals surface area contributed by atoms with Crippen LogP contribution in [-0.4, -0.2) is 138 Å². The molecule has 54 heavy (non-hydrogen) atoms. The van der Waals surface area contributed by atoms with Crippen LogP contribution in [0.2, 0.25) is 0 Å². The highest BCUT2D eigenvalue weighted by atomic mass is 16.7. The van der Waals surface area contributed by atoms with Gasteiger partial charge in [-0.1, -0.05) is 34.1 Å². The molecule has 18 atom stereocenters. The summed E-state index contributed by atoms with van der Waals surface area (Å²) in [5.74, 6) is -3.28. The monoisotopic (exact) mass is 775 g/mol. The van der Waals surface area contributed by atoms with E-state index < -0.39 is 95.8 Å². The van der Waals surface area contributed by atoms with Crippen LogP contribution in [0.25, 0.3) is 0 Å². The topological polar surface area (TPSA) is 189 Å². The predicted molar refractivity (Wildman–Crippen MR) is 202 cm³/mol. The molecule has 14 heteroatoms. The lowest BCUT2D eigenvalue weighted by atomic mass is 9.76. The number of aliphatic hydroxyl groups is 3. The van der Waals surface area contributed by atoms with Gasteiger partial charge in [0.25, 0.3) is 0 Å². The number of ether oxygens (including phenoxy) is 7. The lowest BCUT2D eigenvalue weighted by Gasteiger charge is -2.49. The summed E-state index contributed by atoms with van der Waals surface area (Å²) in [5.41, 5.74) is 2.42. The smallest absolute Gasteiger partial charge is 0.311 e. The zero-order chi connectivity index (χ0) is 41.1. The van der Waals surface area contributed by atoms with Crippen LogP contribution >= 0.6 is 0 Å². The Morgan fingerprint density at radius 3 is 2.17 bits per heavy atom. The third-order valence-corrected chi connectivity index (χ3v) is 12.5. The fourth-order valence-corrected chi connectivity index (χ4v) is 9.01. The summed E-state index contributed by atoms with van der Waals surface area (Å²) in [4.78, 5) is 28.7. The van der Waals surface area contributed by atoms with Crippen molar-refractivity contribution in [3.63, 3.8) is 0 Å². The highest BCUT2D eigenvalue weighted by Gasteiger charge is 2.52. The van der Waals surface area contributed by atoms with Gasteiger partial charge in [-0.15, -0.1) is 0 Å². The quantitative estimate of drug-likeness (QED) is 0.262. The summed E-state index contributed by atoms with van der Waals surface area (Å²) < 4.78 is 44.2. The average Bonchev–Trinajstić information content (AvgIpc) is 3.08. The van der Waals surface area contributed by atoms with Crippen molar-refractivity contribution in [1.29, 1.82) is 0 Å². The van der Waals surface area contributed by atoms with Gasteiger partial charge in [0.1, 0.15) is 11.7 Å². The molecular weight excluding hydrogens is 700 g/mol. The van der Waals surface area contributed by atoms with E-state index in [4.69, 9.17) is 38.9 Å². The minimum absolute atomic E-state index is 0.0592. The van der Waals surface area contributed by atoms with E-state index >= 15 is 0 Å². The van der Waals surface area contributed by atoms with Crippen molar-refractivity contribution in [2.24, 2.45) is 29.4 Å². The maximum absolute atomic E-state index is 14.3. The third-order valence-electron chi connectivity index (χ3n) is 12.5. The summed E-state index contributed by atoms with van der Waals surface area (Å²) in [5, 5.41) is 35.7. The molecule has 0 saturated carbocycles. The first kappa shape index (κ1) is 46.9. The maximum atomic E-state index is 14.3. The Hall–Kier alpha value is -1.46. The highest BCUT2D eigenvalue weighted by molar-refractivity contribution is 5.73. The van der Waals surface area contributed by atoms with Gasteiger partial charge < -0.3 is 59.1 Å². The van der Waals surface area contributed by atoms with Gasteiger partial charge in [0.2, 0.25) is 0 Å². The normalized spacial score (nSPS) is 47.7. The maximum Gasteiger partial charge on any atom is 0.311 e. The molecule has 14 nitrogen and oxygen atoms in total. The lowest BCUT2D eigenvalue weighted by molar-refractivity contribution is -0.312. The van der Waals surface area contributed by atoms with Crippen molar-refractivity contribution in [2.75, 3.05) is 21.2 Å². The molecule has 0 bridgehead atoms. The van der Waals surface area contributed by atoms with Gasteiger partial charge in [-0.3, -0.25) is 9.59 Å². The summed E-state index contributed by atoms with van der Waals surface area (Å²) in [7, 11) is 5.39. The van der Waals surface area contributed by atoms with Gasteiger partial charge in [0.05, 0.1) is 59.7 Å². The number of esters is 2. The first-order valence-electron chi connectivity index (χ1n) is 20.0. The molecule has 316 valence electrons. The number of carbonyl (C=O) groups is 2. The Balaban J connectivity index is 2.20. The zero-order valence-corrected chi connectivity index (χ0v) is 35.4. The standard InChI is InChI=1S/C40H74N2O12/c1-15-29-40(11,47)34(44)22(3)17-16-21(2)19-38(9,46)35(54-37-32(51-27(8)43)28(42(12)13)18-23(4)49-37)24(5)31(25(6)36(45)52-29)53-30-20-39(10,48-14)33(41)26(7)50-30/h21-26,28-35,37,44,46-47H,15-20,41H2,1-14H3/t21-,22-,23+,24-,25+,26-,28-,29+,30-,31-,32+,33?,34+,35+,37-,38?,39+,40?/m0/s1. The summed E-state index contributed by atoms with van der Waals surface area (Å²) >= 11 is 0. The molecule has 3 rings (SSSR count). The summed E-state index contributed by atoms with van der Waals surface area (Å²) in [6, 6.07) is -0.701. The van der Waals surface area contributed by atoms with Crippen molar-refractivity contribution < 1.29 is 58.1 Å². The third kappa shape index (κ3) is 10.9. The number of methoxy groups -OCH3 is 1. The van der Waals surface area contributed by atoms with E-state index in [2.05, 4.69) is 0 Å². The van der Waals surface area contributed by atoms with Crippen LogP contribution in [0.4, 0.5) is 0 Å². The molecule has 0 spiro atoms. The largest absolute Gasteiger partial charge is 0.459 e. The number of hydrogen-bond donors (Lipinski definition) is 4. The fraction of sp³-hybridized carbons (Fsp3) is 0.950. The zero-order valence-electron chi connectivity index (χ0n) is 35.4. The van der Waals surface area contributed by atoms with Gasteiger partial charge in [0.15, 0.2) is 18.7 Å². The molecule has 0 radical (unpaired) electrons. The molecule has 3 unspecified atom stereocenters. The van der Waals surface area contributed by atoms with E-state index in [1.54, 1.807) is 27.9 Å². The van der Waals surface area contributed by atoms with Crippen molar-refractivity contribution >= 4 is 11.9 Å². The second-order valence-electron chi connectivity index (χ2n) is 17.7. The van der Waals surface area contributed by atoms with E-state index in [9.17, 15) is 24.9 Å².